The predicted molar refractivity (Wildman–Crippen MR) is 46.1 cm³/mol. The second-order valence-corrected chi connectivity index (χ2v) is 2.73. The number of unbranched alkanes of at least 4 members (excludes halogenated alkanes) is 1. The average molecular weight is 167 g/mol. The molecule has 1 N–H and O–H groups in total. The number of aromatic nitrogens is 1. The molecule has 0 aliphatic rings. The SMILES string of the molecule is O=Cc1ccn(CCCCO)c1. The van der Waals surface area contributed by atoms with Crippen LogP contribution in [0.25, 0.3) is 0 Å². The molecule has 0 unspecified atom stereocenters. The van der Waals surface area contributed by atoms with E-state index in [1.807, 2.05) is 17.0 Å². The van der Waals surface area contributed by atoms with Crippen molar-refractivity contribution >= 4 is 6.29 Å². The Morgan fingerprint density at radius 1 is 1.50 bits per heavy atom. The first-order valence-corrected chi connectivity index (χ1v) is 4.08. The third-order valence-electron chi connectivity index (χ3n) is 1.73. The lowest BCUT2D eigenvalue weighted by Crippen LogP contribution is -1.95. The first kappa shape index (κ1) is 9.00. The number of hydrogen-bond donors (Lipinski definition) is 1. The zero-order valence-corrected chi connectivity index (χ0v) is 6.94. The van der Waals surface area contributed by atoms with Gasteiger partial charge in [-0.2, -0.15) is 0 Å². The molecule has 0 amide bonds. The second-order valence-electron chi connectivity index (χ2n) is 2.73. The lowest BCUT2D eigenvalue weighted by molar-refractivity contribution is 0.112. The Morgan fingerprint density at radius 2 is 2.33 bits per heavy atom. The summed E-state index contributed by atoms with van der Waals surface area (Å²) in [5.41, 5.74) is 0.707. The van der Waals surface area contributed by atoms with Gasteiger partial charge in [-0.3, -0.25) is 4.79 Å². The summed E-state index contributed by atoms with van der Waals surface area (Å²) in [5.74, 6) is 0. The number of nitrogens with zero attached hydrogens (tertiary/aromatic N) is 1. The standard InChI is InChI=1S/C9H13NO2/c11-6-2-1-4-10-5-3-9(7-10)8-12/h3,5,7-8,11H,1-2,4,6H2. The maximum atomic E-state index is 10.3. The maximum absolute atomic E-state index is 10.3. The van der Waals surface area contributed by atoms with E-state index in [0.717, 1.165) is 25.7 Å². The number of aldehydes is 1. The number of rotatable bonds is 5. The van der Waals surface area contributed by atoms with Crippen molar-refractivity contribution in [3.8, 4) is 0 Å². The normalized spacial score (nSPS) is 10.1. The molecular formula is C9H13NO2. The van der Waals surface area contributed by atoms with Gasteiger partial charge in [-0.15, -0.1) is 0 Å². The average Bonchev–Trinajstić information content (AvgIpc) is 2.53. The summed E-state index contributed by atoms with van der Waals surface area (Å²) in [6, 6.07) is 1.78. The fourth-order valence-electron chi connectivity index (χ4n) is 1.07. The molecule has 1 aromatic rings. The van der Waals surface area contributed by atoms with E-state index in [0.29, 0.717) is 5.56 Å². The van der Waals surface area contributed by atoms with Crippen LogP contribution in [0.15, 0.2) is 18.5 Å². The molecular weight excluding hydrogens is 154 g/mol. The molecule has 66 valence electrons. The van der Waals surface area contributed by atoms with Gasteiger partial charge < -0.3 is 9.67 Å². The van der Waals surface area contributed by atoms with Crippen LogP contribution in [-0.2, 0) is 6.54 Å². The van der Waals surface area contributed by atoms with Crippen molar-refractivity contribution in [2.45, 2.75) is 19.4 Å². The minimum Gasteiger partial charge on any atom is -0.396 e. The van der Waals surface area contributed by atoms with E-state index in [4.69, 9.17) is 5.11 Å². The highest BCUT2D eigenvalue weighted by molar-refractivity contribution is 5.74. The summed E-state index contributed by atoms with van der Waals surface area (Å²) >= 11 is 0. The number of hydrogen-bond acceptors (Lipinski definition) is 2. The monoisotopic (exact) mass is 167 g/mol. The lowest BCUT2D eigenvalue weighted by atomic mass is 10.3. The zero-order chi connectivity index (χ0) is 8.81. The molecule has 0 aromatic carbocycles. The van der Waals surface area contributed by atoms with Gasteiger partial charge in [0.1, 0.15) is 0 Å². The molecule has 0 fully saturated rings. The number of carbonyl (C=O) groups is 1. The lowest BCUT2D eigenvalue weighted by Gasteiger charge is -1.99. The van der Waals surface area contributed by atoms with Crippen molar-refractivity contribution in [3.05, 3.63) is 24.0 Å². The Labute approximate surface area is 71.6 Å². The molecule has 1 heterocycles. The Hall–Kier alpha value is -1.09. The number of aliphatic hydroxyl groups excluding tert-OH is 1. The van der Waals surface area contributed by atoms with E-state index in [-0.39, 0.29) is 6.61 Å². The van der Waals surface area contributed by atoms with Gasteiger partial charge in [-0.05, 0) is 18.9 Å². The molecule has 0 radical (unpaired) electrons. The summed E-state index contributed by atoms with van der Waals surface area (Å²) in [4.78, 5) is 10.3. The Morgan fingerprint density at radius 3 is 2.92 bits per heavy atom. The van der Waals surface area contributed by atoms with Gasteiger partial charge >= 0.3 is 0 Å². The smallest absolute Gasteiger partial charge is 0.151 e. The molecule has 12 heavy (non-hydrogen) atoms. The fourth-order valence-corrected chi connectivity index (χ4v) is 1.07. The first-order valence-electron chi connectivity index (χ1n) is 4.08. The van der Waals surface area contributed by atoms with Gasteiger partial charge in [0.05, 0.1) is 0 Å². The van der Waals surface area contributed by atoms with Gasteiger partial charge in [0, 0.05) is 31.1 Å². The first-order chi connectivity index (χ1) is 5.86. The summed E-state index contributed by atoms with van der Waals surface area (Å²) in [6.45, 7) is 1.11. The van der Waals surface area contributed by atoms with Crippen LogP contribution in [0.4, 0.5) is 0 Å². The number of aryl methyl sites for hydroxylation is 1. The van der Waals surface area contributed by atoms with E-state index in [1.54, 1.807) is 6.07 Å². The fraction of sp³-hybridized carbons (Fsp3) is 0.444. The minimum atomic E-state index is 0.238. The van der Waals surface area contributed by atoms with Crippen molar-refractivity contribution in [2.24, 2.45) is 0 Å². The second kappa shape index (κ2) is 4.72. The molecule has 0 saturated heterocycles. The van der Waals surface area contributed by atoms with Crippen LogP contribution in [0.3, 0.4) is 0 Å². The van der Waals surface area contributed by atoms with Crippen molar-refractivity contribution < 1.29 is 9.90 Å². The van der Waals surface area contributed by atoms with Crippen molar-refractivity contribution in [3.63, 3.8) is 0 Å². The van der Waals surface area contributed by atoms with Crippen LogP contribution < -0.4 is 0 Å². The van der Waals surface area contributed by atoms with E-state index in [1.165, 1.54) is 0 Å². The van der Waals surface area contributed by atoms with Gasteiger partial charge in [-0.1, -0.05) is 0 Å². The highest BCUT2D eigenvalue weighted by Gasteiger charge is 1.93. The molecule has 3 nitrogen and oxygen atoms in total. The summed E-state index contributed by atoms with van der Waals surface area (Å²) in [5, 5.41) is 8.53. The zero-order valence-electron chi connectivity index (χ0n) is 6.94. The Bertz CT molecular complexity index is 242. The number of aliphatic hydroxyl groups is 1. The van der Waals surface area contributed by atoms with E-state index in [9.17, 15) is 4.79 Å². The van der Waals surface area contributed by atoms with Crippen LogP contribution in [0.2, 0.25) is 0 Å². The number of carbonyl (C=O) groups excluding carboxylic acids is 1. The molecule has 0 aliphatic heterocycles. The summed E-state index contributed by atoms with van der Waals surface area (Å²) in [7, 11) is 0. The van der Waals surface area contributed by atoms with Crippen molar-refractivity contribution in [1.29, 1.82) is 0 Å². The molecule has 0 bridgehead atoms. The molecule has 1 rings (SSSR count). The van der Waals surface area contributed by atoms with Gasteiger partial charge in [0.25, 0.3) is 0 Å². The molecule has 0 saturated carbocycles. The van der Waals surface area contributed by atoms with Gasteiger partial charge in [0.15, 0.2) is 6.29 Å². The van der Waals surface area contributed by atoms with Crippen LogP contribution in [-0.4, -0.2) is 22.6 Å². The highest BCUT2D eigenvalue weighted by atomic mass is 16.2. The molecule has 0 aliphatic carbocycles. The third-order valence-corrected chi connectivity index (χ3v) is 1.73. The van der Waals surface area contributed by atoms with Crippen LogP contribution in [0.1, 0.15) is 23.2 Å². The van der Waals surface area contributed by atoms with Crippen molar-refractivity contribution in [1.82, 2.24) is 4.57 Å². The molecule has 0 spiro atoms. The Kier molecular flexibility index (Phi) is 3.54. The third kappa shape index (κ3) is 2.51. The van der Waals surface area contributed by atoms with Crippen molar-refractivity contribution in [2.75, 3.05) is 6.61 Å². The molecule has 3 heteroatoms. The summed E-state index contributed by atoms with van der Waals surface area (Å²) < 4.78 is 1.96. The summed E-state index contributed by atoms with van der Waals surface area (Å²) in [6.07, 6.45) is 6.28. The van der Waals surface area contributed by atoms with Crippen LogP contribution >= 0.6 is 0 Å². The predicted octanol–water partition coefficient (Wildman–Crippen LogP) is 1.07. The van der Waals surface area contributed by atoms with Crippen LogP contribution in [0, 0.1) is 0 Å². The minimum absolute atomic E-state index is 0.238. The van der Waals surface area contributed by atoms with E-state index in [2.05, 4.69) is 0 Å². The highest BCUT2D eigenvalue weighted by Crippen LogP contribution is 2.00. The molecule has 1 aromatic heterocycles. The topological polar surface area (TPSA) is 42.2 Å². The van der Waals surface area contributed by atoms with E-state index < -0.39 is 0 Å². The van der Waals surface area contributed by atoms with Gasteiger partial charge in [0.2, 0.25) is 0 Å². The van der Waals surface area contributed by atoms with E-state index >= 15 is 0 Å². The largest absolute Gasteiger partial charge is 0.396 e. The maximum Gasteiger partial charge on any atom is 0.151 e. The molecule has 0 atom stereocenters. The van der Waals surface area contributed by atoms with Gasteiger partial charge in [-0.25, -0.2) is 0 Å². The van der Waals surface area contributed by atoms with Crippen LogP contribution in [0.5, 0.6) is 0 Å². The quantitative estimate of drug-likeness (QED) is 0.526. The Balaban J connectivity index is 2.36.